The zero-order valence-corrected chi connectivity index (χ0v) is 7.47. The zero-order chi connectivity index (χ0) is 8.74. The SMILES string of the molecule is CCC(N)(CCN)CCCN. The van der Waals surface area contributed by atoms with E-state index in [1.54, 1.807) is 0 Å². The van der Waals surface area contributed by atoms with Gasteiger partial charge in [0.05, 0.1) is 0 Å². The van der Waals surface area contributed by atoms with Crippen molar-refractivity contribution in [2.24, 2.45) is 17.2 Å². The molecule has 1 unspecified atom stereocenters. The van der Waals surface area contributed by atoms with Gasteiger partial charge in [0.2, 0.25) is 0 Å². The van der Waals surface area contributed by atoms with Crippen molar-refractivity contribution in [2.75, 3.05) is 13.1 Å². The van der Waals surface area contributed by atoms with Crippen LogP contribution in [0.4, 0.5) is 0 Å². The topological polar surface area (TPSA) is 78.1 Å². The summed E-state index contributed by atoms with van der Waals surface area (Å²) in [5.41, 5.74) is 16.8. The smallest absolute Gasteiger partial charge is 0.0164 e. The Morgan fingerprint density at radius 3 is 2.09 bits per heavy atom. The van der Waals surface area contributed by atoms with Crippen molar-refractivity contribution in [3.63, 3.8) is 0 Å². The van der Waals surface area contributed by atoms with Gasteiger partial charge in [-0.3, -0.25) is 0 Å². The lowest BCUT2D eigenvalue weighted by molar-refractivity contribution is 0.351. The molecule has 0 aliphatic carbocycles. The maximum absolute atomic E-state index is 6.06. The van der Waals surface area contributed by atoms with Gasteiger partial charge >= 0.3 is 0 Å². The standard InChI is InChI=1S/C8H21N3/c1-2-8(11,5-7-10)4-3-6-9/h2-7,9-11H2,1H3. The molecule has 0 fully saturated rings. The summed E-state index contributed by atoms with van der Waals surface area (Å²) in [6.07, 6.45) is 3.90. The molecule has 0 heterocycles. The molecule has 0 aromatic heterocycles. The highest BCUT2D eigenvalue weighted by molar-refractivity contribution is 4.82. The van der Waals surface area contributed by atoms with Gasteiger partial charge in [-0.05, 0) is 38.8 Å². The predicted octanol–water partition coefficient (Wildman–Crippen LogP) is 0.182. The van der Waals surface area contributed by atoms with Gasteiger partial charge in [-0.15, -0.1) is 0 Å². The average Bonchev–Trinajstić information content (AvgIpc) is 2.02. The summed E-state index contributed by atoms with van der Waals surface area (Å²) in [6.45, 7) is 3.50. The van der Waals surface area contributed by atoms with Crippen LogP contribution in [0.3, 0.4) is 0 Å². The van der Waals surface area contributed by atoms with Crippen LogP contribution in [0.15, 0.2) is 0 Å². The molecule has 0 bridgehead atoms. The molecule has 3 nitrogen and oxygen atoms in total. The molecule has 11 heavy (non-hydrogen) atoms. The molecule has 6 N–H and O–H groups in total. The summed E-state index contributed by atoms with van der Waals surface area (Å²) in [6, 6.07) is 0. The van der Waals surface area contributed by atoms with Crippen molar-refractivity contribution in [1.29, 1.82) is 0 Å². The minimum Gasteiger partial charge on any atom is -0.330 e. The summed E-state index contributed by atoms with van der Waals surface area (Å²) >= 11 is 0. The molecule has 68 valence electrons. The van der Waals surface area contributed by atoms with Crippen molar-refractivity contribution in [1.82, 2.24) is 0 Å². The monoisotopic (exact) mass is 159 g/mol. The van der Waals surface area contributed by atoms with E-state index in [1.165, 1.54) is 0 Å². The maximum Gasteiger partial charge on any atom is 0.0164 e. The van der Waals surface area contributed by atoms with E-state index in [9.17, 15) is 0 Å². The molecule has 0 spiro atoms. The molecule has 0 saturated carbocycles. The summed E-state index contributed by atoms with van der Waals surface area (Å²) in [5, 5.41) is 0. The second-order valence-corrected chi connectivity index (χ2v) is 3.15. The lowest BCUT2D eigenvalue weighted by Gasteiger charge is -2.27. The Hall–Kier alpha value is -0.120. The van der Waals surface area contributed by atoms with Gasteiger partial charge in [0.15, 0.2) is 0 Å². The van der Waals surface area contributed by atoms with E-state index in [0.29, 0.717) is 6.54 Å². The highest BCUT2D eigenvalue weighted by Gasteiger charge is 2.20. The van der Waals surface area contributed by atoms with E-state index < -0.39 is 0 Å². The summed E-state index contributed by atoms with van der Waals surface area (Å²) in [4.78, 5) is 0. The van der Waals surface area contributed by atoms with E-state index in [1.807, 2.05) is 0 Å². The third kappa shape index (κ3) is 4.35. The number of nitrogens with two attached hydrogens (primary N) is 3. The largest absolute Gasteiger partial charge is 0.330 e. The van der Waals surface area contributed by atoms with Crippen LogP contribution in [-0.4, -0.2) is 18.6 Å². The fraction of sp³-hybridized carbons (Fsp3) is 1.00. The van der Waals surface area contributed by atoms with E-state index >= 15 is 0 Å². The van der Waals surface area contributed by atoms with Crippen LogP contribution in [0.25, 0.3) is 0 Å². The van der Waals surface area contributed by atoms with Crippen molar-refractivity contribution >= 4 is 0 Å². The van der Waals surface area contributed by atoms with Gasteiger partial charge in [0, 0.05) is 5.54 Å². The first kappa shape index (κ1) is 10.9. The molecule has 0 radical (unpaired) electrons. The van der Waals surface area contributed by atoms with Gasteiger partial charge in [-0.1, -0.05) is 6.92 Å². The van der Waals surface area contributed by atoms with E-state index in [4.69, 9.17) is 17.2 Å². The second kappa shape index (κ2) is 5.52. The zero-order valence-electron chi connectivity index (χ0n) is 7.47. The number of hydrogen-bond acceptors (Lipinski definition) is 3. The van der Waals surface area contributed by atoms with Crippen molar-refractivity contribution in [3.8, 4) is 0 Å². The van der Waals surface area contributed by atoms with Crippen LogP contribution < -0.4 is 17.2 Å². The van der Waals surface area contributed by atoms with E-state index in [0.717, 1.165) is 32.2 Å². The average molecular weight is 159 g/mol. The van der Waals surface area contributed by atoms with Gasteiger partial charge in [-0.2, -0.15) is 0 Å². The first-order valence-corrected chi connectivity index (χ1v) is 4.37. The second-order valence-electron chi connectivity index (χ2n) is 3.15. The molecular weight excluding hydrogens is 138 g/mol. The molecule has 0 rings (SSSR count). The van der Waals surface area contributed by atoms with E-state index in [-0.39, 0.29) is 5.54 Å². The van der Waals surface area contributed by atoms with E-state index in [2.05, 4.69) is 6.92 Å². The number of rotatable bonds is 6. The molecule has 0 aromatic carbocycles. The molecule has 1 atom stereocenters. The lowest BCUT2D eigenvalue weighted by Crippen LogP contribution is -2.41. The Kier molecular flexibility index (Phi) is 5.46. The Labute approximate surface area is 69.3 Å². The van der Waals surface area contributed by atoms with Crippen LogP contribution in [0.2, 0.25) is 0 Å². The van der Waals surface area contributed by atoms with Gasteiger partial charge in [0.1, 0.15) is 0 Å². The molecule has 3 heteroatoms. The highest BCUT2D eigenvalue weighted by atomic mass is 14.7. The molecule has 0 aliphatic heterocycles. The molecule has 0 saturated heterocycles. The van der Waals surface area contributed by atoms with Crippen molar-refractivity contribution in [3.05, 3.63) is 0 Å². The van der Waals surface area contributed by atoms with Crippen LogP contribution in [0, 0.1) is 0 Å². The first-order valence-electron chi connectivity index (χ1n) is 4.37. The van der Waals surface area contributed by atoms with Crippen molar-refractivity contribution < 1.29 is 0 Å². The Morgan fingerprint density at radius 1 is 1.09 bits per heavy atom. The fourth-order valence-corrected chi connectivity index (χ4v) is 1.22. The molecule has 0 aromatic rings. The van der Waals surface area contributed by atoms with Crippen LogP contribution in [0.1, 0.15) is 32.6 Å². The van der Waals surface area contributed by atoms with Crippen LogP contribution in [-0.2, 0) is 0 Å². The Morgan fingerprint density at radius 2 is 1.73 bits per heavy atom. The quantitative estimate of drug-likeness (QED) is 0.517. The Bertz CT molecular complexity index is 95.3. The van der Waals surface area contributed by atoms with Crippen LogP contribution >= 0.6 is 0 Å². The summed E-state index contributed by atoms with van der Waals surface area (Å²) in [5.74, 6) is 0. The maximum atomic E-state index is 6.06. The third-order valence-electron chi connectivity index (χ3n) is 2.23. The summed E-state index contributed by atoms with van der Waals surface area (Å²) < 4.78 is 0. The highest BCUT2D eigenvalue weighted by Crippen LogP contribution is 2.16. The minimum atomic E-state index is -0.0614. The number of hydrogen-bond donors (Lipinski definition) is 3. The summed E-state index contributed by atoms with van der Waals surface area (Å²) in [7, 11) is 0. The van der Waals surface area contributed by atoms with Gasteiger partial charge in [0.25, 0.3) is 0 Å². The third-order valence-corrected chi connectivity index (χ3v) is 2.23. The predicted molar refractivity (Wildman–Crippen MR) is 49.2 cm³/mol. The minimum absolute atomic E-state index is 0.0614. The molecular formula is C8H21N3. The van der Waals surface area contributed by atoms with Gasteiger partial charge < -0.3 is 17.2 Å². The first-order chi connectivity index (χ1) is 5.18. The van der Waals surface area contributed by atoms with Gasteiger partial charge in [-0.25, -0.2) is 0 Å². The molecule has 0 aliphatic rings. The normalized spacial score (nSPS) is 16.4. The van der Waals surface area contributed by atoms with Crippen LogP contribution in [0.5, 0.6) is 0 Å². The van der Waals surface area contributed by atoms with Crippen molar-refractivity contribution in [2.45, 2.75) is 38.1 Å². The lowest BCUT2D eigenvalue weighted by atomic mass is 9.88. The Balaban J connectivity index is 3.68. The fourth-order valence-electron chi connectivity index (χ4n) is 1.22. The molecule has 0 amide bonds.